The summed E-state index contributed by atoms with van der Waals surface area (Å²) in [5.41, 5.74) is 0. The first-order valence-electron chi connectivity index (χ1n) is 4.10. The third-order valence-electron chi connectivity index (χ3n) is 1.50. The average Bonchev–Trinajstić information content (AvgIpc) is 1.99. The number of allylic oxidation sites excluding steroid dienone is 1. The van der Waals surface area contributed by atoms with Crippen LogP contribution in [0.3, 0.4) is 0 Å². The largest absolute Gasteiger partial charge is 0.306 e. The second-order valence-corrected chi connectivity index (χ2v) is 2.66. The lowest BCUT2D eigenvalue weighted by atomic mass is 10.3. The second-order valence-electron chi connectivity index (χ2n) is 2.66. The van der Waals surface area contributed by atoms with Gasteiger partial charge in [0.15, 0.2) is 0 Å². The van der Waals surface area contributed by atoms with E-state index in [0.717, 1.165) is 25.8 Å². The quantitative estimate of drug-likeness (QED) is 0.427. The number of nitrogens with zero attached hydrogens (tertiary/aromatic N) is 1. The molecule has 2 nitrogen and oxygen atoms in total. The van der Waals surface area contributed by atoms with Crippen molar-refractivity contribution < 1.29 is 4.79 Å². The van der Waals surface area contributed by atoms with E-state index in [9.17, 15) is 4.79 Å². The van der Waals surface area contributed by atoms with Crippen molar-refractivity contribution in [3.8, 4) is 0 Å². The Morgan fingerprint density at radius 2 is 2.09 bits per heavy atom. The molecule has 0 heterocycles. The van der Waals surface area contributed by atoms with E-state index in [-0.39, 0.29) is 0 Å². The topological polar surface area (TPSA) is 20.3 Å². The van der Waals surface area contributed by atoms with Gasteiger partial charge < -0.3 is 4.90 Å². The monoisotopic (exact) mass is 155 g/mol. The zero-order valence-corrected chi connectivity index (χ0v) is 7.42. The van der Waals surface area contributed by atoms with Crippen LogP contribution in [-0.2, 0) is 4.79 Å². The first-order valence-corrected chi connectivity index (χ1v) is 4.10. The molecule has 0 radical (unpaired) electrons. The SMILES string of the molecule is CCCN(C)CC/C=C/C=O. The maximum absolute atomic E-state index is 9.87. The standard InChI is InChI=1S/C9H17NO/c1-3-7-10(2)8-5-4-6-9-11/h4,6,9H,3,5,7-8H2,1-2H3/b6-4+. The Balaban J connectivity index is 3.22. The van der Waals surface area contributed by atoms with Crippen LogP contribution < -0.4 is 0 Å². The minimum Gasteiger partial charge on any atom is -0.306 e. The number of rotatable bonds is 6. The van der Waals surface area contributed by atoms with E-state index in [1.807, 2.05) is 6.08 Å². The van der Waals surface area contributed by atoms with Crippen molar-refractivity contribution in [2.45, 2.75) is 19.8 Å². The lowest BCUT2D eigenvalue weighted by molar-refractivity contribution is -0.104. The summed E-state index contributed by atoms with van der Waals surface area (Å²) in [4.78, 5) is 12.1. The number of hydrogen-bond donors (Lipinski definition) is 0. The second kappa shape index (κ2) is 7.48. The van der Waals surface area contributed by atoms with Crippen LogP contribution >= 0.6 is 0 Å². The molecule has 0 aromatic rings. The molecular weight excluding hydrogens is 138 g/mol. The molecule has 0 spiro atoms. The molecular formula is C9H17NO. The molecule has 0 saturated carbocycles. The van der Waals surface area contributed by atoms with Crippen molar-refractivity contribution in [2.24, 2.45) is 0 Å². The lowest BCUT2D eigenvalue weighted by Gasteiger charge is -2.13. The van der Waals surface area contributed by atoms with Crippen molar-refractivity contribution in [3.63, 3.8) is 0 Å². The minimum absolute atomic E-state index is 0.819. The smallest absolute Gasteiger partial charge is 0.142 e. The number of aldehydes is 1. The van der Waals surface area contributed by atoms with Gasteiger partial charge in [-0.3, -0.25) is 4.79 Å². The van der Waals surface area contributed by atoms with Crippen LogP contribution in [0.2, 0.25) is 0 Å². The summed E-state index contributed by atoms with van der Waals surface area (Å²) in [6.07, 6.45) is 6.43. The van der Waals surface area contributed by atoms with Crippen molar-refractivity contribution in [1.82, 2.24) is 4.90 Å². The fourth-order valence-electron chi connectivity index (χ4n) is 0.940. The van der Waals surface area contributed by atoms with Crippen LogP contribution in [0.25, 0.3) is 0 Å². The van der Waals surface area contributed by atoms with Crippen LogP contribution in [0.15, 0.2) is 12.2 Å². The normalized spacial score (nSPS) is 11.2. The van der Waals surface area contributed by atoms with Gasteiger partial charge in [-0.25, -0.2) is 0 Å². The number of carbonyl (C=O) groups excluding carboxylic acids is 1. The van der Waals surface area contributed by atoms with E-state index in [1.165, 1.54) is 6.42 Å². The van der Waals surface area contributed by atoms with Gasteiger partial charge in [0.05, 0.1) is 0 Å². The van der Waals surface area contributed by atoms with Gasteiger partial charge in [-0.05, 0) is 32.5 Å². The Kier molecular flexibility index (Phi) is 7.05. The van der Waals surface area contributed by atoms with Gasteiger partial charge in [-0.1, -0.05) is 13.0 Å². The molecule has 0 aliphatic heterocycles. The van der Waals surface area contributed by atoms with E-state index in [2.05, 4.69) is 18.9 Å². The van der Waals surface area contributed by atoms with Crippen LogP contribution in [0.1, 0.15) is 19.8 Å². The predicted octanol–water partition coefficient (Wildman–Crippen LogP) is 1.47. The first kappa shape index (κ1) is 10.4. The Morgan fingerprint density at radius 3 is 2.64 bits per heavy atom. The van der Waals surface area contributed by atoms with Gasteiger partial charge >= 0.3 is 0 Å². The van der Waals surface area contributed by atoms with Gasteiger partial charge in [0.1, 0.15) is 6.29 Å². The summed E-state index contributed by atoms with van der Waals surface area (Å²) in [6.45, 7) is 4.34. The van der Waals surface area contributed by atoms with E-state index in [1.54, 1.807) is 6.08 Å². The summed E-state index contributed by atoms with van der Waals surface area (Å²) in [6, 6.07) is 0. The van der Waals surface area contributed by atoms with Crippen LogP contribution in [0.5, 0.6) is 0 Å². The summed E-state index contributed by atoms with van der Waals surface area (Å²) in [5.74, 6) is 0. The molecule has 0 amide bonds. The third kappa shape index (κ3) is 7.26. The first-order chi connectivity index (χ1) is 5.31. The predicted molar refractivity (Wildman–Crippen MR) is 47.6 cm³/mol. The van der Waals surface area contributed by atoms with Crippen LogP contribution in [-0.4, -0.2) is 31.3 Å². The number of carbonyl (C=O) groups is 1. The summed E-state index contributed by atoms with van der Waals surface area (Å²) >= 11 is 0. The van der Waals surface area contributed by atoms with Gasteiger partial charge in [0.2, 0.25) is 0 Å². The zero-order valence-electron chi connectivity index (χ0n) is 7.42. The van der Waals surface area contributed by atoms with Gasteiger partial charge in [0, 0.05) is 6.54 Å². The van der Waals surface area contributed by atoms with E-state index < -0.39 is 0 Å². The van der Waals surface area contributed by atoms with E-state index >= 15 is 0 Å². The molecule has 64 valence electrons. The van der Waals surface area contributed by atoms with Crippen molar-refractivity contribution >= 4 is 6.29 Å². The number of hydrogen-bond acceptors (Lipinski definition) is 2. The molecule has 2 heteroatoms. The highest BCUT2D eigenvalue weighted by atomic mass is 16.1. The highest BCUT2D eigenvalue weighted by Gasteiger charge is 1.91. The molecule has 0 unspecified atom stereocenters. The van der Waals surface area contributed by atoms with Crippen LogP contribution in [0, 0.1) is 0 Å². The molecule has 0 saturated heterocycles. The molecule has 0 rings (SSSR count). The Hall–Kier alpha value is -0.630. The fraction of sp³-hybridized carbons (Fsp3) is 0.667. The third-order valence-corrected chi connectivity index (χ3v) is 1.50. The van der Waals surface area contributed by atoms with Crippen LogP contribution in [0.4, 0.5) is 0 Å². The van der Waals surface area contributed by atoms with Gasteiger partial charge in [-0.2, -0.15) is 0 Å². The van der Waals surface area contributed by atoms with Gasteiger partial charge in [-0.15, -0.1) is 0 Å². The summed E-state index contributed by atoms with van der Waals surface area (Å²) < 4.78 is 0. The lowest BCUT2D eigenvalue weighted by Crippen LogP contribution is -2.19. The molecule has 11 heavy (non-hydrogen) atoms. The molecule has 0 fully saturated rings. The summed E-state index contributed by atoms with van der Waals surface area (Å²) in [5, 5.41) is 0. The highest BCUT2D eigenvalue weighted by Crippen LogP contribution is 1.90. The molecule has 0 atom stereocenters. The minimum atomic E-state index is 0.819. The molecule has 0 aliphatic carbocycles. The maximum atomic E-state index is 9.87. The van der Waals surface area contributed by atoms with Crippen molar-refractivity contribution in [3.05, 3.63) is 12.2 Å². The van der Waals surface area contributed by atoms with Gasteiger partial charge in [0.25, 0.3) is 0 Å². The molecule has 0 aromatic heterocycles. The van der Waals surface area contributed by atoms with E-state index in [0.29, 0.717) is 0 Å². The Bertz CT molecular complexity index is 121. The molecule has 0 aliphatic rings. The highest BCUT2D eigenvalue weighted by molar-refractivity contribution is 5.64. The zero-order chi connectivity index (χ0) is 8.53. The van der Waals surface area contributed by atoms with E-state index in [4.69, 9.17) is 0 Å². The maximum Gasteiger partial charge on any atom is 0.142 e. The molecule has 0 bridgehead atoms. The Morgan fingerprint density at radius 1 is 1.36 bits per heavy atom. The van der Waals surface area contributed by atoms with Crippen molar-refractivity contribution in [1.29, 1.82) is 0 Å². The Labute approximate surface area is 68.9 Å². The fourth-order valence-corrected chi connectivity index (χ4v) is 0.940. The summed E-state index contributed by atoms with van der Waals surface area (Å²) in [7, 11) is 2.10. The molecule has 0 N–H and O–H groups in total. The molecule has 0 aromatic carbocycles. The van der Waals surface area contributed by atoms with Crippen molar-refractivity contribution in [2.75, 3.05) is 20.1 Å². The average molecular weight is 155 g/mol.